The highest BCUT2D eigenvalue weighted by Gasteiger charge is 2.34. The molecule has 32 heavy (non-hydrogen) atoms. The summed E-state index contributed by atoms with van der Waals surface area (Å²) in [5, 5.41) is -0.380. The number of nitrogens with zero attached hydrogens (tertiary/aromatic N) is 2. The molecule has 0 unspecified atom stereocenters. The van der Waals surface area contributed by atoms with E-state index in [1.165, 1.54) is 24.3 Å². The molecular formula is C24H28F2N2O3S. The van der Waals surface area contributed by atoms with E-state index in [1.807, 2.05) is 0 Å². The maximum Gasteiger partial charge on any atom is 0.237 e. The SMILES string of the molecule is O=C(CS(=O)(=O)C1CCCC1)N1CCN(C(c2ccc(F)cc2)c2ccc(F)cc2)CC1. The fourth-order valence-electron chi connectivity index (χ4n) is 4.76. The molecule has 0 radical (unpaired) electrons. The van der Waals surface area contributed by atoms with Crippen molar-refractivity contribution >= 4 is 15.7 Å². The van der Waals surface area contributed by atoms with Crippen LogP contribution in [0, 0.1) is 11.6 Å². The summed E-state index contributed by atoms with van der Waals surface area (Å²) in [4.78, 5) is 16.5. The largest absolute Gasteiger partial charge is 0.339 e. The Kier molecular flexibility index (Phi) is 6.90. The minimum Gasteiger partial charge on any atom is -0.339 e. The molecule has 8 heteroatoms. The summed E-state index contributed by atoms with van der Waals surface area (Å²) in [6, 6.07) is 12.3. The lowest BCUT2D eigenvalue weighted by atomic mass is 9.96. The average Bonchev–Trinajstić information content (AvgIpc) is 3.33. The van der Waals surface area contributed by atoms with E-state index in [2.05, 4.69) is 4.90 Å². The van der Waals surface area contributed by atoms with E-state index in [0.29, 0.717) is 39.0 Å². The molecule has 0 spiro atoms. The molecule has 1 aliphatic heterocycles. The van der Waals surface area contributed by atoms with Gasteiger partial charge in [0, 0.05) is 26.2 Å². The van der Waals surface area contributed by atoms with Crippen LogP contribution in [0.3, 0.4) is 0 Å². The van der Waals surface area contributed by atoms with E-state index < -0.39 is 15.6 Å². The molecule has 2 aliphatic rings. The zero-order valence-corrected chi connectivity index (χ0v) is 18.7. The first-order valence-corrected chi connectivity index (χ1v) is 12.8. The third-order valence-corrected chi connectivity index (χ3v) is 8.67. The Morgan fingerprint density at radius 2 is 1.31 bits per heavy atom. The monoisotopic (exact) mass is 462 g/mol. The smallest absolute Gasteiger partial charge is 0.237 e. The van der Waals surface area contributed by atoms with Gasteiger partial charge in [-0.05, 0) is 48.2 Å². The Bertz CT molecular complexity index is 982. The Hall–Kier alpha value is -2.32. The van der Waals surface area contributed by atoms with E-state index in [-0.39, 0.29) is 28.8 Å². The van der Waals surface area contributed by atoms with Crippen LogP contribution in [0.2, 0.25) is 0 Å². The zero-order valence-electron chi connectivity index (χ0n) is 17.9. The number of benzene rings is 2. The van der Waals surface area contributed by atoms with Crippen molar-refractivity contribution in [2.75, 3.05) is 31.9 Å². The first kappa shape index (κ1) is 22.9. The van der Waals surface area contributed by atoms with Crippen LogP contribution in [0.5, 0.6) is 0 Å². The maximum atomic E-state index is 13.5. The van der Waals surface area contributed by atoms with Crippen LogP contribution in [0.15, 0.2) is 48.5 Å². The predicted molar refractivity (Wildman–Crippen MR) is 119 cm³/mol. The molecule has 0 bridgehead atoms. The lowest BCUT2D eigenvalue weighted by Gasteiger charge is -2.40. The number of hydrogen-bond donors (Lipinski definition) is 0. The second-order valence-electron chi connectivity index (χ2n) is 8.64. The number of rotatable bonds is 6. The molecule has 2 aromatic rings. The van der Waals surface area contributed by atoms with Gasteiger partial charge < -0.3 is 4.90 Å². The number of carbonyl (C=O) groups is 1. The van der Waals surface area contributed by atoms with Gasteiger partial charge in [-0.25, -0.2) is 17.2 Å². The first-order valence-electron chi connectivity index (χ1n) is 11.1. The van der Waals surface area contributed by atoms with E-state index in [1.54, 1.807) is 29.2 Å². The number of halogens is 2. The van der Waals surface area contributed by atoms with Crippen LogP contribution in [0.25, 0.3) is 0 Å². The molecule has 2 fully saturated rings. The topological polar surface area (TPSA) is 57.7 Å². The molecule has 0 aromatic heterocycles. The summed E-state index contributed by atoms with van der Waals surface area (Å²) in [6.07, 6.45) is 3.12. The summed E-state index contributed by atoms with van der Waals surface area (Å²) in [5.74, 6) is -1.41. The summed E-state index contributed by atoms with van der Waals surface area (Å²) < 4.78 is 52.1. The zero-order chi connectivity index (χ0) is 22.7. The molecule has 0 atom stereocenters. The Balaban J connectivity index is 1.45. The minimum atomic E-state index is -3.41. The van der Waals surface area contributed by atoms with Gasteiger partial charge in [-0.1, -0.05) is 37.1 Å². The van der Waals surface area contributed by atoms with Crippen molar-refractivity contribution in [3.8, 4) is 0 Å². The number of carbonyl (C=O) groups excluding carboxylic acids is 1. The fourth-order valence-corrected chi connectivity index (χ4v) is 6.58. The van der Waals surface area contributed by atoms with Gasteiger partial charge in [-0.2, -0.15) is 0 Å². The van der Waals surface area contributed by atoms with Crippen LogP contribution in [0.1, 0.15) is 42.9 Å². The second kappa shape index (κ2) is 9.67. The van der Waals surface area contributed by atoms with Crippen molar-refractivity contribution in [2.45, 2.75) is 37.0 Å². The van der Waals surface area contributed by atoms with E-state index in [9.17, 15) is 22.0 Å². The molecule has 5 nitrogen and oxygen atoms in total. The summed E-state index contributed by atoms with van der Waals surface area (Å²) in [5.41, 5.74) is 1.75. The highest BCUT2D eigenvalue weighted by atomic mass is 32.2. The van der Waals surface area contributed by atoms with Gasteiger partial charge in [-0.3, -0.25) is 9.69 Å². The number of hydrogen-bond acceptors (Lipinski definition) is 4. The van der Waals surface area contributed by atoms with Gasteiger partial charge in [0.05, 0.1) is 11.3 Å². The summed E-state index contributed by atoms with van der Waals surface area (Å²) >= 11 is 0. The van der Waals surface area contributed by atoms with Crippen LogP contribution in [0.4, 0.5) is 8.78 Å². The molecule has 1 saturated carbocycles. The molecular weight excluding hydrogens is 434 g/mol. The number of sulfone groups is 1. The van der Waals surface area contributed by atoms with E-state index in [4.69, 9.17) is 0 Å². The highest BCUT2D eigenvalue weighted by molar-refractivity contribution is 7.92. The van der Waals surface area contributed by atoms with Crippen molar-refractivity contribution < 1.29 is 22.0 Å². The third-order valence-electron chi connectivity index (χ3n) is 6.54. The lowest BCUT2D eigenvalue weighted by Crippen LogP contribution is -2.51. The normalized spacial score (nSPS) is 18.4. The van der Waals surface area contributed by atoms with Crippen molar-refractivity contribution in [1.82, 2.24) is 9.80 Å². The Labute approximate surface area is 187 Å². The molecule has 2 aromatic carbocycles. The molecule has 4 rings (SSSR count). The van der Waals surface area contributed by atoms with E-state index in [0.717, 1.165) is 24.0 Å². The minimum absolute atomic E-state index is 0.212. The molecule has 1 amide bonds. The fraction of sp³-hybridized carbons (Fsp3) is 0.458. The van der Waals surface area contributed by atoms with Gasteiger partial charge in [0.25, 0.3) is 0 Å². The molecule has 1 heterocycles. The lowest BCUT2D eigenvalue weighted by molar-refractivity contribution is -0.130. The standard InChI is InChI=1S/C24H28F2N2O3S/c25-20-9-5-18(6-10-20)24(19-7-11-21(26)12-8-19)28-15-13-27(14-16-28)23(29)17-32(30,31)22-3-1-2-4-22/h5-12,22,24H,1-4,13-17H2. The van der Waals surface area contributed by atoms with Gasteiger partial charge in [0.15, 0.2) is 9.84 Å². The summed E-state index contributed by atoms with van der Waals surface area (Å²) in [7, 11) is -3.41. The van der Waals surface area contributed by atoms with Crippen molar-refractivity contribution in [2.24, 2.45) is 0 Å². The van der Waals surface area contributed by atoms with Gasteiger partial charge >= 0.3 is 0 Å². The number of amides is 1. The summed E-state index contributed by atoms with van der Waals surface area (Å²) in [6.45, 7) is 1.90. The van der Waals surface area contributed by atoms with Crippen LogP contribution in [-0.2, 0) is 14.6 Å². The highest BCUT2D eigenvalue weighted by Crippen LogP contribution is 2.30. The first-order chi connectivity index (χ1) is 15.3. The van der Waals surface area contributed by atoms with E-state index >= 15 is 0 Å². The van der Waals surface area contributed by atoms with Crippen molar-refractivity contribution in [1.29, 1.82) is 0 Å². The van der Waals surface area contributed by atoms with Crippen molar-refractivity contribution in [3.63, 3.8) is 0 Å². The Morgan fingerprint density at radius 3 is 1.78 bits per heavy atom. The maximum absolute atomic E-state index is 13.5. The molecule has 172 valence electrons. The second-order valence-corrected chi connectivity index (χ2v) is 10.9. The predicted octanol–water partition coefficient (Wildman–Crippen LogP) is 3.56. The van der Waals surface area contributed by atoms with Crippen LogP contribution < -0.4 is 0 Å². The quantitative estimate of drug-likeness (QED) is 0.659. The van der Waals surface area contributed by atoms with Crippen molar-refractivity contribution in [3.05, 3.63) is 71.3 Å². The third kappa shape index (κ3) is 5.18. The molecule has 1 aliphatic carbocycles. The molecule has 0 N–H and O–H groups in total. The van der Waals surface area contributed by atoms with Crippen LogP contribution >= 0.6 is 0 Å². The molecule has 1 saturated heterocycles. The van der Waals surface area contributed by atoms with Gasteiger partial charge in [-0.15, -0.1) is 0 Å². The number of piperazine rings is 1. The average molecular weight is 463 g/mol. The Morgan fingerprint density at radius 1 is 0.844 bits per heavy atom. The van der Waals surface area contributed by atoms with Gasteiger partial charge in [0.1, 0.15) is 17.4 Å². The van der Waals surface area contributed by atoms with Gasteiger partial charge in [0.2, 0.25) is 5.91 Å². The van der Waals surface area contributed by atoms with Crippen LogP contribution in [-0.4, -0.2) is 61.3 Å².